The van der Waals surface area contributed by atoms with E-state index in [0.29, 0.717) is 12.0 Å². The van der Waals surface area contributed by atoms with E-state index in [1.807, 2.05) is 0 Å². The van der Waals surface area contributed by atoms with Crippen molar-refractivity contribution in [1.82, 2.24) is 5.32 Å². The van der Waals surface area contributed by atoms with E-state index in [-0.39, 0.29) is 23.0 Å². The molecule has 8 nitrogen and oxygen atoms in total. The molecule has 138 valence electrons. The minimum atomic E-state index is -3.77. The number of ketones is 1. The number of carbonyl (C=O) groups excluding carboxylic acids is 2. The molecule has 25 heavy (non-hydrogen) atoms. The first-order chi connectivity index (χ1) is 11.5. The summed E-state index contributed by atoms with van der Waals surface area (Å²) >= 11 is 0. The molecular formula is C15H20N2O6S2. The second-order valence-electron chi connectivity index (χ2n) is 6.04. The van der Waals surface area contributed by atoms with Crippen LogP contribution in [-0.4, -0.2) is 58.9 Å². The van der Waals surface area contributed by atoms with Crippen molar-refractivity contribution in [2.45, 2.75) is 19.4 Å². The fourth-order valence-corrected chi connectivity index (χ4v) is 5.11. The maximum atomic E-state index is 12.2. The zero-order valence-electron chi connectivity index (χ0n) is 13.9. The molecule has 0 bridgehead atoms. The van der Waals surface area contributed by atoms with Gasteiger partial charge in [0.1, 0.15) is 6.54 Å². The second kappa shape index (κ2) is 7.12. The average molecular weight is 388 g/mol. The van der Waals surface area contributed by atoms with Crippen molar-refractivity contribution in [2.24, 2.45) is 0 Å². The summed E-state index contributed by atoms with van der Waals surface area (Å²) in [6.45, 7) is 0.869. The molecule has 1 aromatic carbocycles. The van der Waals surface area contributed by atoms with Crippen molar-refractivity contribution in [3.8, 4) is 0 Å². The summed E-state index contributed by atoms with van der Waals surface area (Å²) in [5.74, 6) is -0.956. The van der Waals surface area contributed by atoms with Crippen LogP contribution in [0.3, 0.4) is 0 Å². The Labute approximate surface area is 147 Å². The zero-order valence-corrected chi connectivity index (χ0v) is 15.6. The van der Waals surface area contributed by atoms with Crippen LogP contribution in [0.2, 0.25) is 0 Å². The van der Waals surface area contributed by atoms with Crippen LogP contribution in [0.5, 0.6) is 0 Å². The third kappa shape index (κ3) is 5.27. The summed E-state index contributed by atoms with van der Waals surface area (Å²) in [5.41, 5.74) is 0.526. The lowest BCUT2D eigenvalue weighted by molar-refractivity contribution is -0.120. The number of nitrogens with zero attached hydrogens (tertiary/aromatic N) is 1. The van der Waals surface area contributed by atoms with Gasteiger partial charge >= 0.3 is 0 Å². The number of sulfone groups is 1. The monoisotopic (exact) mass is 388 g/mol. The molecule has 0 radical (unpaired) electrons. The molecule has 1 fully saturated rings. The average Bonchev–Trinajstić information content (AvgIpc) is 2.82. The van der Waals surface area contributed by atoms with Crippen molar-refractivity contribution in [1.29, 1.82) is 0 Å². The topological polar surface area (TPSA) is 118 Å². The molecule has 1 atom stereocenters. The minimum absolute atomic E-state index is 0.00833. The Morgan fingerprint density at radius 3 is 2.52 bits per heavy atom. The summed E-state index contributed by atoms with van der Waals surface area (Å²) in [6, 6.07) is 5.46. The van der Waals surface area contributed by atoms with Gasteiger partial charge in [-0.1, -0.05) is 12.1 Å². The normalized spacial score (nSPS) is 19.4. The molecule has 0 aromatic heterocycles. The van der Waals surface area contributed by atoms with Crippen molar-refractivity contribution in [2.75, 3.05) is 28.6 Å². The van der Waals surface area contributed by atoms with Gasteiger partial charge in [0, 0.05) is 11.6 Å². The molecule has 1 heterocycles. The lowest BCUT2D eigenvalue weighted by Gasteiger charge is -2.23. The molecule has 1 amide bonds. The highest BCUT2D eigenvalue weighted by molar-refractivity contribution is 7.92. The highest BCUT2D eigenvalue weighted by Crippen LogP contribution is 2.19. The van der Waals surface area contributed by atoms with E-state index >= 15 is 0 Å². The maximum absolute atomic E-state index is 12.2. The predicted octanol–water partition coefficient (Wildman–Crippen LogP) is -0.0415. The lowest BCUT2D eigenvalue weighted by atomic mass is 10.1. The molecule has 1 N–H and O–H groups in total. The minimum Gasteiger partial charge on any atom is -0.351 e. The molecule has 1 aliphatic rings. The highest BCUT2D eigenvalue weighted by atomic mass is 32.2. The number of hydrogen-bond acceptors (Lipinski definition) is 6. The van der Waals surface area contributed by atoms with Crippen LogP contribution in [0.4, 0.5) is 5.69 Å². The highest BCUT2D eigenvalue weighted by Gasteiger charge is 2.30. The van der Waals surface area contributed by atoms with E-state index in [9.17, 15) is 26.4 Å². The van der Waals surface area contributed by atoms with E-state index in [0.717, 1.165) is 10.6 Å². The first-order valence-corrected chi connectivity index (χ1v) is 11.2. The smallest absolute Gasteiger partial charge is 0.241 e. The van der Waals surface area contributed by atoms with Gasteiger partial charge in [-0.05, 0) is 25.5 Å². The van der Waals surface area contributed by atoms with Crippen LogP contribution in [0.1, 0.15) is 23.7 Å². The fourth-order valence-electron chi connectivity index (χ4n) is 2.59. The van der Waals surface area contributed by atoms with Crippen LogP contribution in [0.25, 0.3) is 0 Å². The summed E-state index contributed by atoms with van der Waals surface area (Å²) in [5, 5.41) is 2.55. The van der Waals surface area contributed by atoms with Gasteiger partial charge in [-0.15, -0.1) is 0 Å². The van der Waals surface area contributed by atoms with Crippen LogP contribution >= 0.6 is 0 Å². The summed E-state index contributed by atoms with van der Waals surface area (Å²) in [6.07, 6.45) is 1.27. The van der Waals surface area contributed by atoms with Crippen LogP contribution in [0.15, 0.2) is 24.3 Å². The largest absolute Gasteiger partial charge is 0.351 e. The van der Waals surface area contributed by atoms with Crippen molar-refractivity contribution >= 4 is 37.2 Å². The molecule has 1 saturated heterocycles. The molecule has 1 aromatic rings. The van der Waals surface area contributed by atoms with E-state index < -0.39 is 38.4 Å². The van der Waals surface area contributed by atoms with Gasteiger partial charge in [0.2, 0.25) is 15.9 Å². The number of rotatable bonds is 6. The Kier molecular flexibility index (Phi) is 5.52. The van der Waals surface area contributed by atoms with Crippen molar-refractivity contribution in [3.63, 3.8) is 0 Å². The Hall–Kier alpha value is -1.94. The number of carbonyl (C=O) groups is 2. The predicted molar refractivity (Wildman–Crippen MR) is 93.8 cm³/mol. The van der Waals surface area contributed by atoms with Crippen molar-refractivity contribution in [3.05, 3.63) is 29.8 Å². The summed E-state index contributed by atoms with van der Waals surface area (Å²) < 4.78 is 47.9. The van der Waals surface area contributed by atoms with E-state index in [2.05, 4.69) is 5.32 Å². The maximum Gasteiger partial charge on any atom is 0.241 e. The summed E-state index contributed by atoms with van der Waals surface area (Å²) in [4.78, 5) is 23.7. The van der Waals surface area contributed by atoms with Gasteiger partial charge in [-0.25, -0.2) is 16.8 Å². The molecule has 0 spiro atoms. The van der Waals surface area contributed by atoms with Gasteiger partial charge < -0.3 is 5.32 Å². The number of hydrogen-bond donors (Lipinski definition) is 1. The molecule has 2 rings (SSSR count). The standard InChI is InChI=1S/C15H20N2O6S2/c1-11(18)12-4-3-5-14(8-12)17(24(2,20)21)9-15(19)16-13-6-7-25(22,23)10-13/h3-5,8,13H,6-7,9-10H2,1-2H3,(H,16,19). The zero-order chi connectivity index (χ0) is 18.8. The number of amides is 1. The Bertz CT molecular complexity index is 892. The van der Waals surface area contributed by atoms with Gasteiger partial charge in [-0.3, -0.25) is 13.9 Å². The number of Topliss-reactive ketones (excluding diaryl/α,β-unsaturated/α-hetero) is 1. The van der Waals surface area contributed by atoms with E-state index in [4.69, 9.17) is 0 Å². The molecule has 0 aliphatic carbocycles. The van der Waals surface area contributed by atoms with E-state index in [1.165, 1.54) is 25.1 Å². The third-order valence-electron chi connectivity index (χ3n) is 3.83. The quantitative estimate of drug-likeness (QED) is 0.683. The number of benzene rings is 1. The fraction of sp³-hybridized carbons (Fsp3) is 0.467. The Morgan fingerprint density at radius 1 is 1.32 bits per heavy atom. The first kappa shape index (κ1) is 19.4. The number of nitrogens with one attached hydrogen (secondary N) is 1. The van der Waals surface area contributed by atoms with Crippen molar-refractivity contribution < 1.29 is 26.4 Å². The second-order valence-corrected chi connectivity index (χ2v) is 10.2. The third-order valence-corrected chi connectivity index (χ3v) is 6.73. The summed E-state index contributed by atoms with van der Waals surface area (Å²) in [7, 11) is -6.92. The van der Waals surface area contributed by atoms with Crippen LogP contribution in [0, 0.1) is 0 Å². The van der Waals surface area contributed by atoms with Crippen LogP contribution in [-0.2, 0) is 24.7 Å². The van der Waals surface area contributed by atoms with Gasteiger partial charge in [0.15, 0.2) is 15.6 Å². The molecule has 0 saturated carbocycles. The number of anilines is 1. The van der Waals surface area contributed by atoms with Gasteiger partial charge in [0.25, 0.3) is 0 Å². The first-order valence-electron chi connectivity index (χ1n) is 7.56. The van der Waals surface area contributed by atoms with Gasteiger partial charge in [0.05, 0.1) is 23.4 Å². The van der Waals surface area contributed by atoms with Crippen LogP contribution < -0.4 is 9.62 Å². The van der Waals surface area contributed by atoms with E-state index in [1.54, 1.807) is 6.07 Å². The SMILES string of the molecule is CC(=O)c1cccc(N(CC(=O)NC2CCS(=O)(=O)C2)S(C)(=O)=O)c1. The number of sulfonamides is 1. The Morgan fingerprint density at radius 2 is 2.00 bits per heavy atom. The Balaban J connectivity index is 2.18. The van der Waals surface area contributed by atoms with Gasteiger partial charge in [-0.2, -0.15) is 0 Å². The molecule has 10 heteroatoms. The lowest BCUT2D eigenvalue weighted by Crippen LogP contribution is -2.44. The molecule has 1 aliphatic heterocycles. The molecule has 1 unspecified atom stereocenters. The molecular weight excluding hydrogens is 368 g/mol.